The van der Waals surface area contributed by atoms with E-state index in [1.54, 1.807) is 0 Å². The molecule has 6 nitrogen and oxygen atoms in total. The van der Waals surface area contributed by atoms with E-state index >= 15 is 0 Å². The van der Waals surface area contributed by atoms with Crippen molar-refractivity contribution in [3.63, 3.8) is 0 Å². The molecule has 0 bridgehead atoms. The molecule has 1 amide bonds. The van der Waals surface area contributed by atoms with Crippen LogP contribution in [0.15, 0.2) is 65.2 Å². The molecule has 2 fully saturated rings. The van der Waals surface area contributed by atoms with Crippen molar-refractivity contribution in [2.75, 3.05) is 26.3 Å². The normalized spacial score (nSPS) is 19.0. The van der Waals surface area contributed by atoms with Gasteiger partial charge in [-0.25, -0.2) is 0 Å². The molecule has 29 heavy (non-hydrogen) atoms. The van der Waals surface area contributed by atoms with Crippen LogP contribution in [0.1, 0.15) is 30.2 Å². The van der Waals surface area contributed by atoms with Crippen LogP contribution in [0, 0.1) is 0 Å². The fraction of sp³-hybridized carbons (Fsp3) is 0.348. The average molecular weight is 389 g/mol. The molecule has 1 aromatic heterocycles. The first-order chi connectivity index (χ1) is 14.3. The van der Waals surface area contributed by atoms with E-state index in [1.807, 2.05) is 53.4 Å². The molecule has 6 heteroatoms. The van der Waals surface area contributed by atoms with Crippen LogP contribution in [0.25, 0.3) is 11.4 Å². The second kappa shape index (κ2) is 7.44. The van der Waals surface area contributed by atoms with Crippen molar-refractivity contribution in [1.82, 2.24) is 15.0 Å². The molecule has 2 aliphatic heterocycles. The van der Waals surface area contributed by atoms with Gasteiger partial charge in [-0.1, -0.05) is 65.8 Å². The first kappa shape index (κ1) is 18.1. The van der Waals surface area contributed by atoms with E-state index < -0.39 is 5.41 Å². The maximum atomic E-state index is 13.5. The van der Waals surface area contributed by atoms with Crippen LogP contribution in [0.2, 0.25) is 0 Å². The molecule has 2 saturated heterocycles. The van der Waals surface area contributed by atoms with Crippen molar-refractivity contribution >= 4 is 5.91 Å². The molecule has 0 radical (unpaired) electrons. The van der Waals surface area contributed by atoms with Crippen molar-refractivity contribution in [2.24, 2.45) is 0 Å². The fourth-order valence-electron chi connectivity index (χ4n) is 4.31. The Morgan fingerprint density at radius 2 is 1.62 bits per heavy atom. The molecule has 0 N–H and O–H groups in total. The second-order valence-corrected chi connectivity index (χ2v) is 7.79. The highest BCUT2D eigenvalue weighted by molar-refractivity contribution is 5.89. The SMILES string of the molecule is O=C(N1CC(c2nc(-c3ccccc3)no2)C1)C1(c2ccccc2)CCOCC1. The summed E-state index contributed by atoms with van der Waals surface area (Å²) >= 11 is 0. The third-order valence-corrected chi connectivity index (χ3v) is 6.07. The van der Waals surface area contributed by atoms with E-state index in [0.29, 0.717) is 38.0 Å². The zero-order chi connectivity index (χ0) is 19.7. The third kappa shape index (κ3) is 3.23. The lowest BCUT2D eigenvalue weighted by molar-refractivity contribution is -0.146. The van der Waals surface area contributed by atoms with Gasteiger partial charge in [0.15, 0.2) is 0 Å². The van der Waals surface area contributed by atoms with E-state index in [1.165, 1.54) is 0 Å². The van der Waals surface area contributed by atoms with Crippen molar-refractivity contribution < 1.29 is 14.1 Å². The molecule has 148 valence electrons. The Morgan fingerprint density at radius 1 is 0.966 bits per heavy atom. The summed E-state index contributed by atoms with van der Waals surface area (Å²) in [5.74, 6) is 1.48. The predicted octanol–water partition coefficient (Wildman–Crippen LogP) is 3.41. The molecule has 0 unspecified atom stereocenters. The summed E-state index contributed by atoms with van der Waals surface area (Å²) in [4.78, 5) is 20.0. The molecule has 0 spiro atoms. The molecule has 2 aromatic carbocycles. The summed E-state index contributed by atoms with van der Waals surface area (Å²) in [5, 5.41) is 4.10. The van der Waals surface area contributed by atoms with E-state index in [0.717, 1.165) is 24.0 Å². The van der Waals surface area contributed by atoms with Crippen LogP contribution < -0.4 is 0 Å². The minimum atomic E-state index is -0.492. The molecule has 3 aromatic rings. The quantitative estimate of drug-likeness (QED) is 0.684. The van der Waals surface area contributed by atoms with Crippen molar-refractivity contribution in [3.05, 3.63) is 72.1 Å². The van der Waals surface area contributed by atoms with E-state index in [4.69, 9.17) is 9.26 Å². The number of likely N-dealkylation sites (tertiary alicyclic amines) is 1. The van der Waals surface area contributed by atoms with Crippen molar-refractivity contribution in [3.8, 4) is 11.4 Å². The van der Waals surface area contributed by atoms with Gasteiger partial charge < -0.3 is 14.2 Å². The first-order valence-corrected chi connectivity index (χ1v) is 10.1. The summed E-state index contributed by atoms with van der Waals surface area (Å²) in [6.07, 6.45) is 1.44. The number of hydrogen-bond acceptors (Lipinski definition) is 5. The van der Waals surface area contributed by atoms with Crippen molar-refractivity contribution in [1.29, 1.82) is 0 Å². The molecule has 5 rings (SSSR count). The molecule has 2 aliphatic rings. The summed E-state index contributed by atoms with van der Waals surface area (Å²) in [6.45, 7) is 2.46. The van der Waals surface area contributed by atoms with Gasteiger partial charge in [0.05, 0.1) is 11.3 Å². The van der Waals surface area contributed by atoms with Crippen LogP contribution >= 0.6 is 0 Å². The number of benzene rings is 2. The number of carbonyl (C=O) groups excluding carboxylic acids is 1. The Morgan fingerprint density at radius 3 is 2.31 bits per heavy atom. The number of ether oxygens (including phenoxy) is 1. The number of nitrogens with zero attached hydrogens (tertiary/aromatic N) is 3. The second-order valence-electron chi connectivity index (χ2n) is 7.79. The minimum Gasteiger partial charge on any atom is -0.381 e. The summed E-state index contributed by atoms with van der Waals surface area (Å²) in [6, 6.07) is 19.9. The highest BCUT2D eigenvalue weighted by Gasteiger charge is 2.48. The largest absolute Gasteiger partial charge is 0.381 e. The average Bonchev–Trinajstić information content (AvgIpc) is 3.24. The Labute approximate surface area is 169 Å². The number of hydrogen-bond donors (Lipinski definition) is 0. The first-order valence-electron chi connectivity index (χ1n) is 10.1. The summed E-state index contributed by atoms with van der Waals surface area (Å²) < 4.78 is 11.0. The van der Waals surface area contributed by atoms with Gasteiger partial charge in [0.2, 0.25) is 17.6 Å². The van der Waals surface area contributed by atoms with E-state index in [2.05, 4.69) is 22.3 Å². The molecular formula is C23H23N3O3. The van der Waals surface area contributed by atoms with Crippen LogP contribution in [0.4, 0.5) is 0 Å². The van der Waals surface area contributed by atoms with Gasteiger partial charge in [-0.05, 0) is 18.4 Å². The minimum absolute atomic E-state index is 0.0941. The lowest BCUT2D eigenvalue weighted by Gasteiger charge is -2.45. The maximum absolute atomic E-state index is 13.5. The maximum Gasteiger partial charge on any atom is 0.233 e. The zero-order valence-corrected chi connectivity index (χ0v) is 16.2. The Hall–Kier alpha value is -2.99. The molecule has 0 saturated carbocycles. The number of aromatic nitrogens is 2. The van der Waals surface area contributed by atoms with Crippen LogP contribution in [-0.2, 0) is 14.9 Å². The number of amides is 1. The highest BCUT2D eigenvalue weighted by Crippen LogP contribution is 2.39. The topological polar surface area (TPSA) is 68.5 Å². The van der Waals surface area contributed by atoms with Crippen LogP contribution in [-0.4, -0.2) is 47.3 Å². The fourth-order valence-corrected chi connectivity index (χ4v) is 4.31. The Kier molecular flexibility index (Phi) is 4.64. The van der Waals surface area contributed by atoms with Gasteiger partial charge in [-0.15, -0.1) is 0 Å². The molecule has 0 atom stereocenters. The molecule has 0 aliphatic carbocycles. The summed E-state index contributed by atoms with van der Waals surface area (Å²) in [7, 11) is 0. The smallest absolute Gasteiger partial charge is 0.233 e. The van der Waals surface area contributed by atoms with Crippen LogP contribution in [0.5, 0.6) is 0 Å². The van der Waals surface area contributed by atoms with E-state index in [-0.39, 0.29) is 11.8 Å². The van der Waals surface area contributed by atoms with Crippen molar-refractivity contribution in [2.45, 2.75) is 24.2 Å². The number of carbonyl (C=O) groups is 1. The van der Waals surface area contributed by atoms with Crippen LogP contribution in [0.3, 0.4) is 0 Å². The van der Waals surface area contributed by atoms with Gasteiger partial charge >= 0.3 is 0 Å². The number of rotatable bonds is 4. The summed E-state index contributed by atoms with van der Waals surface area (Å²) in [5.41, 5.74) is 1.52. The standard InChI is InChI=1S/C23H23N3O3/c27-22(23(11-13-28-14-12-23)19-9-5-2-6-10-19)26-15-18(16-26)21-24-20(25-29-21)17-7-3-1-4-8-17/h1-10,18H,11-16H2. The zero-order valence-electron chi connectivity index (χ0n) is 16.2. The van der Waals surface area contributed by atoms with Gasteiger partial charge in [-0.2, -0.15) is 4.98 Å². The highest BCUT2D eigenvalue weighted by atomic mass is 16.5. The van der Waals surface area contributed by atoms with Gasteiger partial charge in [0.25, 0.3) is 0 Å². The lowest BCUT2D eigenvalue weighted by Crippen LogP contribution is -2.57. The van der Waals surface area contributed by atoms with Gasteiger partial charge in [0.1, 0.15) is 0 Å². The van der Waals surface area contributed by atoms with Gasteiger partial charge in [-0.3, -0.25) is 4.79 Å². The van der Waals surface area contributed by atoms with E-state index in [9.17, 15) is 4.79 Å². The molecular weight excluding hydrogens is 366 g/mol. The molecule has 3 heterocycles. The monoisotopic (exact) mass is 389 g/mol. The van der Waals surface area contributed by atoms with Gasteiger partial charge in [0, 0.05) is 31.9 Å². The predicted molar refractivity (Wildman–Crippen MR) is 107 cm³/mol. The lowest BCUT2D eigenvalue weighted by atomic mass is 9.72. The third-order valence-electron chi connectivity index (χ3n) is 6.07. The Balaban J connectivity index is 1.31. The Bertz CT molecular complexity index is 975.